The molecule has 3 heteroatoms. The maximum absolute atomic E-state index is 12.4. The molecule has 20 heavy (non-hydrogen) atoms. The molecule has 0 bridgehead atoms. The van der Waals surface area contributed by atoms with Gasteiger partial charge in [-0.15, -0.1) is 0 Å². The van der Waals surface area contributed by atoms with E-state index in [1.54, 1.807) is 4.90 Å². The number of ketones is 1. The zero-order valence-electron chi connectivity index (χ0n) is 12.8. The molecule has 1 aromatic rings. The number of carbonyl (C=O) groups excluding carboxylic acids is 2. The van der Waals surface area contributed by atoms with Gasteiger partial charge in [-0.2, -0.15) is 0 Å². The van der Waals surface area contributed by atoms with Crippen LogP contribution in [0.5, 0.6) is 0 Å². The molecule has 0 aliphatic carbocycles. The summed E-state index contributed by atoms with van der Waals surface area (Å²) in [7, 11) is 0. The van der Waals surface area contributed by atoms with Gasteiger partial charge in [0, 0.05) is 31.0 Å². The molecule has 0 N–H and O–H groups in total. The third kappa shape index (κ3) is 3.09. The molecule has 0 aromatic heterocycles. The van der Waals surface area contributed by atoms with Gasteiger partial charge in [-0.3, -0.25) is 9.59 Å². The van der Waals surface area contributed by atoms with Crippen molar-refractivity contribution in [3.63, 3.8) is 0 Å². The van der Waals surface area contributed by atoms with Crippen molar-refractivity contribution in [2.24, 2.45) is 5.92 Å². The highest BCUT2D eigenvalue weighted by Gasteiger charge is 2.27. The summed E-state index contributed by atoms with van der Waals surface area (Å²) >= 11 is 0. The Morgan fingerprint density at radius 2 is 1.80 bits per heavy atom. The lowest BCUT2D eigenvalue weighted by Gasteiger charge is -2.30. The van der Waals surface area contributed by atoms with Gasteiger partial charge < -0.3 is 4.90 Å². The van der Waals surface area contributed by atoms with Gasteiger partial charge in [0.2, 0.25) is 0 Å². The molecular weight excluding hydrogens is 250 g/mol. The summed E-state index contributed by atoms with van der Waals surface area (Å²) in [5, 5.41) is 0. The van der Waals surface area contributed by atoms with E-state index in [0.29, 0.717) is 25.1 Å². The average molecular weight is 273 g/mol. The molecule has 1 aliphatic heterocycles. The second-order valence-corrected chi connectivity index (χ2v) is 6.70. The minimum atomic E-state index is -0.0402. The van der Waals surface area contributed by atoms with Gasteiger partial charge in [-0.25, -0.2) is 0 Å². The summed E-state index contributed by atoms with van der Waals surface area (Å²) in [6, 6.07) is 7.82. The van der Waals surface area contributed by atoms with Crippen LogP contribution in [-0.2, 0) is 10.2 Å². The summed E-state index contributed by atoms with van der Waals surface area (Å²) < 4.78 is 0. The molecule has 1 amide bonds. The molecule has 3 nitrogen and oxygen atoms in total. The van der Waals surface area contributed by atoms with Crippen molar-refractivity contribution < 1.29 is 9.59 Å². The largest absolute Gasteiger partial charge is 0.337 e. The molecule has 1 aliphatic rings. The average Bonchev–Trinajstić information content (AvgIpc) is 2.40. The molecule has 1 aromatic carbocycles. The zero-order valence-corrected chi connectivity index (χ0v) is 12.8. The summed E-state index contributed by atoms with van der Waals surface area (Å²) in [6.45, 7) is 9.44. The van der Waals surface area contributed by atoms with E-state index in [1.807, 2.05) is 31.2 Å². The fourth-order valence-electron chi connectivity index (χ4n) is 2.50. The van der Waals surface area contributed by atoms with E-state index < -0.39 is 0 Å². The molecule has 0 saturated carbocycles. The smallest absolute Gasteiger partial charge is 0.253 e. The number of hydrogen-bond acceptors (Lipinski definition) is 2. The highest BCUT2D eigenvalue weighted by Crippen LogP contribution is 2.23. The summed E-state index contributed by atoms with van der Waals surface area (Å²) in [6.07, 6.45) is 0.479. The lowest BCUT2D eigenvalue weighted by Crippen LogP contribution is -2.43. The van der Waals surface area contributed by atoms with E-state index in [0.717, 1.165) is 0 Å². The van der Waals surface area contributed by atoms with Crippen molar-refractivity contribution in [2.45, 2.75) is 39.5 Å². The first-order chi connectivity index (χ1) is 9.29. The van der Waals surface area contributed by atoms with Crippen LogP contribution in [0.3, 0.4) is 0 Å². The topological polar surface area (TPSA) is 37.4 Å². The van der Waals surface area contributed by atoms with Crippen LogP contribution in [0, 0.1) is 5.92 Å². The Morgan fingerprint density at radius 3 is 2.30 bits per heavy atom. The Hall–Kier alpha value is -1.64. The number of Topliss-reactive ketones (excluding diaryl/α,β-unsaturated/α-hetero) is 1. The normalized spacial score (nSPS) is 20.1. The van der Waals surface area contributed by atoms with E-state index in [1.165, 1.54) is 5.56 Å². The molecule has 108 valence electrons. The van der Waals surface area contributed by atoms with E-state index in [-0.39, 0.29) is 23.0 Å². The highest BCUT2D eigenvalue weighted by molar-refractivity contribution is 5.95. The maximum atomic E-state index is 12.4. The van der Waals surface area contributed by atoms with Crippen molar-refractivity contribution in [1.82, 2.24) is 4.90 Å². The Balaban J connectivity index is 2.12. The molecule has 1 atom stereocenters. The van der Waals surface area contributed by atoms with Crippen molar-refractivity contribution in [3.8, 4) is 0 Å². The molecule has 1 heterocycles. The number of rotatable bonds is 1. The molecule has 2 rings (SSSR count). The van der Waals surface area contributed by atoms with Crippen molar-refractivity contribution in [1.29, 1.82) is 0 Å². The number of hydrogen-bond donors (Lipinski definition) is 0. The predicted octanol–water partition coefficient (Wildman–Crippen LogP) is 3.04. The number of benzene rings is 1. The number of piperidine rings is 1. The third-order valence-corrected chi connectivity index (χ3v) is 3.96. The Labute approximate surface area is 121 Å². The second kappa shape index (κ2) is 5.39. The van der Waals surface area contributed by atoms with Crippen LogP contribution in [0.4, 0.5) is 0 Å². The van der Waals surface area contributed by atoms with Crippen LogP contribution in [0.15, 0.2) is 24.3 Å². The SMILES string of the molecule is CC1CN(C(=O)c2ccc(C(C)(C)C)cc2)CCC1=O. The summed E-state index contributed by atoms with van der Waals surface area (Å²) in [5.41, 5.74) is 2.02. The molecule has 1 saturated heterocycles. The number of likely N-dealkylation sites (tertiary alicyclic amines) is 1. The van der Waals surface area contributed by atoms with E-state index in [9.17, 15) is 9.59 Å². The van der Waals surface area contributed by atoms with Gasteiger partial charge in [0.15, 0.2) is 0 Å². The number of carbonyl (C=O) groups is 2. The lowest BCUT2D eigenvalue weighted by atomic mass is 9.86. The van der Waals surface area contributed by atoms with Crippen LogP contribution in [0.2, 0.25) is 0 Å². The molecule has 0 radical (unpaired) electrons. The number of nitrogens with zero attached hydrogens (tertiary/aromatic N) is 1. The quantitative estimate of drug-likeness (QED) is 0.788. The van der Waals surface area contributed by atoms with Gasteiger partial charge in [0.1, 0.15) is 5.78 Å². The second-order valence-electron chi connectivity index (χ2n) is 6.70. The Morgan fingerprint density at radius 1 is 1.20 bits per heavy atom. The minimum absolute atomic E-state index is 0.0322. The zero-order chi connectivity index (χ0) is 14.9. The Kier molecular flexibility index (Phi) is 3.98. The van der Waals surface area contributed by atoms with Gasteiger partial charge in [0.25, 0.3) is 5.91 Å². The minimum Gasteiger partial charge on any atom is -0.337 e. The molecular formula is C17H23NO2. The molecule has 1 unspecified atom stereocenters. The highest BCUT2D eigenvalue weighted by atomic mass is 16.2. The van der Waals surface area contributed by atoms with Crippen LogP contribution in [0.1, 0.15) is 50.0 Å². The molecule has 1 fully saturated rings. The van der Waals surface area contributed by atoms with Gasteiger partial charge in [0.05, 0.1) is 0 Å². The van der Waals surface area contributed by atoms with Gasteiger partial charge >= 0.3 is 0 Å². The fourth-order valence-corrected chi connectivity index (χ4v) is 2.50. The first-order valence-electron chi connectivity index (χ1n) is 7.21. The Bertz CT molecular complexity index is 511. The summed E-state index contributed by atoms with van der Waals surface area (Å²) in [4.78, 5) is 25.7. The number of amides is 1. The first-order valence-corrected chi connectivity index (χ1v) is 7.21. The van der Waals surface area contributed by atoms with E-state index >= 15 is 0 Å². The predicted molar refractivity (Wildman–Crippen MR) is 79.8 cm³/mol. The van der Waals surface area contributed by atoms with Crippen molar-refractivity contribution in [3.05, 3.63) is 35.4 Å². The monoisotopic (exact) mass is 273 g/mol. The van der Waals surface area contributed by atoms with Crippen LogP contribution >= 0.6 is 0 Å². The first kappa shape index (κ1) is 14.8. The lowest BCUT2D eigenvalue weighted by molar-refractivity contribution is -0.124. The van der Waals surface area contributed by atoms with Crippen LogP contribution in [0.25, 0.3) is 0 Å². The maximum Gasteiger partial charge on any atom is 0.253 e. The van der Waals surface area contributed by atoms with Crippen molar-refractivity contribution >= 4 is 11.7 Å². The van der Waals surface area contributed by atoms with E-state index in [2.05, 4.69) is 20.8 Å². The van der Waals surface area contributed by atoms with Crippen LogP contribution < -0.4 is 0 Å². The summed E-state index contributed by atoms with van der Waals surface area (Å²) in [5.74, 6) is 0.253. The van der Waals surface area contributed by atoms with Crippen LogP contribution in [-0.4, -0.2) is 29.7 Å². The molecule has 0 spiro atoms. The van der Waals surface area contributed by atoms with Gasteiger partial charge in [-0.05, 0) is 23.1 Å². The fraction of sp³-hybridized carbons (Fsp3) is 0.529. The third-order valence-electron chi connectivity index (χ3n) is 3.96. The van der Waals surface area contributed by atoms with Gasteiger partial charge in [-0.1, -0.05) is 39.8 Å². The standard InChI is InChI=1S/C17H23NO2/c1-12-11-18(10-9-15(12)19)16(20)13-5-7-14(8-6-13)17(2,3)4/h5-8,12H,9-11H2,1-4H3. The van der Waals surface area contributed by atoms with Crippen molar-refractivity contribution in [2.75, 3.05) is 13.1 Å². The van der Waals surface area contributed by atoms with E-state index in [4.69, 9.17) is 0 Å².